The van der Waals surface area contributed by atoms with Crippen LogP contribution in [0, 0.1) is 13.8 Å². The molecule has 0 aliphatic rings. The van der Waals surface area contributed by atoms with E-state index < -0.39 is 0 Å². The monoisotopic (exact) mass is 417 g/mol. The average molecular weight is 418 g/mol. The van der Waals surface area contributed by atoms with Gasteiger partial charge >= 0.3 is 0 Å². The topological polar surface area (TPSA) is 64.0 Å². The molecular weight excluding hydrogens is 394 g/mol. The minimum atomic E-state index is -0.197. The van der Waals surface area contributed by atoms with Crippen LogP contribution in [0.25, 0.3) is 21.3 Å². The Morgan fingerprint density at radius 1 is 1.10 bits per heavy atom. The summed E-state index contributed by atoms with van der Waals surface area (Å²) in [6.45, 7) is 4.58. The number of hydrogen-bond donors (Lipinski definition) is 1. The first-order chi connectivity index (χ1) is 14.5. The van der Waals surface area contributed by atoms with Crippen LogP contribution in [-0.4, -0.2) is 22.0 Å². The molecule has 0 saturated heterocycles. The summed E-state index contributed by atoms with van der Waals surface area (Å²) in [7, 11) is 0. The lowest BCUT2D eigenvalue weighted by Gasteiger charge is -2.09. The number of hydrogen-bond acceptors (Lipinski definition) is 4. The van der Waals surface area contributed by atoms with Crippen LogP contribution in [0.2, 0.25) is 0 Å². The average Bonchev–Trinajstić information content (AvgIpc) is 3.15. The third-order valence-corrected chi connectivity index (χ3v) is 6.01. The molecule has 1 amide bonds. The first kappa shape index (κ1) is 20.0. The Balaban J connectivity index is 1.54. The summed E-state index contributed by atoms with van der Waals surface area (Å²) in [5.41, 5.74) is 5.17. The van der Waals surface area contributed by atoms with E-state index >= 15 is 0 Å². The second-order valence-corrected chi connectivity index (χ2v) is 8.27. The quantitative estimate of drug-likeness (QED) is 0.514. The van der Waals surface area contributed by atoms with Crippen molar-refractivity contribution in [2.75, 3.05) is 6.54 Å². The summed E-state index contributed by atoms with van der Waals surface area (Å²) in [6, 6.07) is 16.2. The van der Waals surface area contributed by atoms with Crippen LogP contribution in [0.1, 0.15) is 16.7 Å². The van der Waals surface area contributed by atoms with Crippen LogP contribution in [0.5, 0.6) is 0 Å². The number of amides is 1. The molecule has 5 nitrogen and oxygen atoms in total. The zero-order valence-electron chi connectivity index (χ0n) is 17.0. The van der Waals surface area contributed by atoms with E-state index in [9.17, 15) is 9.59 Å². The standard InChI is InChI=1S/C24H23N3O2S/c1-16-8-9-19(17(2)12-16)20-14-30-23-22(20)24(29)27(15-26-23)13-21(28)25-11-10-18-6-4-3-5-7-18/h3-9,12,14-15H,10-11,13H2,1-2H3,(H,25,28). The third-order valence-electron chi connectivity index (χ3n) is 5.13. The minimum absolute atomic E-state index is 0.0429. The predicted octanol–water partition coefficient (Wildman–Crippen LogP) is 4.10. The third kappa shape index (κ3) is 4.19. The van der Waals surface area contributed by atoms with Crippen LogP contribution in [0.15, 0.2) is 65.0 Å². The number of fused-ring (bicyclic) bond motifs is 1. The molecule has 0 fully saturated rings. The van der Waals surface area contributed by atoms with Crippen molar-refractivity contribution in [2.24, 2.45) is 0 Å². The zero-order valence-corrected chi connectivity index (χ0v) is 17.8. The molecule has 0 radical (unpaired) electrons. The van der Waals surface area contributed by atoms with Crippen molar-refractivity contribution in [1.29, 1.82) is 0 Å². The summed E-state index contributed by atoms with van der Waals surface area (Å²) in [6.07, 6.45) is 2.21. The van der Waals surface area contributed by atoms with Gasteiger partial charge in [0.2, 0.25) is 5.91 Å². The summed E-state index contributed by atoms with van der Waals surface area (Å²) in [5.74, 6) is -0.197. The SMILES string of the molecule is Cc1ccc(-c2csc3ncn(CC(=O)NCCc4ccccc4)c(=O)c23)c(C)c1. The number of nitrogens with zero attached hydrogens (tertiary/aromatic N) is 2. The molecular formula is C24H23N3O2S. The maximum Gasteiger partial charge on any atom is 0.263 e. The van der Waals surface area contributed by atoms with Gasteiger partial charge in [0.1, 0.15) is 11.4 Å². The molecule has 6 heteroatoms. The molecule has 0 aliphatic carbocycles. The smallest absolute Gasteiger partial charge is 0.263 e. The lowest BCUT2D eigenvalue weighted by atomic mass is 9.99. The van der Waals surface area contributed by atoms with Crippen molar-refractivity contribution in [3.63, 3.8) is 0 Å². The Morgan fingerprint density at radius 2 is 1.90 bits per heavy atom. The number of thiophene rings is 1. The maximum atomic E-state index is 13.1. The lowest BCUT2D eigenvalue weighted by molar-refractivity contribution is -0.121. The number of nitrogens with one attached hydrogen (secondary N) is 1. The summed E-state index contributed by atoms with van der Waals surface area (Å²) < 4.78 is 1.39. The van der Waals surface area contributed by atoms with E-state index in [1.807, 2.05) is 61.7 Å². The van der Waals surface area contributed by atoms with Crippen LogP contribution in [-0.2, 0) is 17.8 Å². The van der Waals surface area contributed by atoms with Gasteiger partial charge in [0.25, 0.3) is 5.56 Å². The summed E-state index contributed by atoms with van der Waals surface area (Å²) >= 11 is 1.45. The summed E-state index contributed by atoms with van der Waals surface area (Å²) in [4.78, 5) is 30.6. The second kappa shape index (κ2) is 8.63. The Bertz CT molecular complexity index is 1260. The zero-order chi connectivity index (χ0) is 21.1. The first-order valence-corrected chi connectivity index (χ1v) is 10.8. The molecule has 30 heavy (non-hydrogen) atoms. The van der Waals surface area contributed by atoms with E-state index in [1.54, 1.807) is 0 Å². The van der Waals surface area contributed by atoms with Crippen molar-refractivity contribution < 1.29 is 4.79 Å². The molecule has 2 heterocycles. The molecule has 152 valence electrons. The Labute approximate surface area is 179 Å². The molecule has 0 atom stereocenters. The highest BCUT2D eigenvalue weighted by Gasteiger charge is 2.16. The predicted molar refractivity (Wildman–Crippen MR) is 122 cm³/mol. The summed E-state index contributed by atoms with van der Waals surface area (Å²) in [5, 5.41) is 5.44. The minimum Gasteiger partial charge on any atom is -0.354 e. The van der Waals surface area contributed by atoms with Gasteiger partial charge in [-0.05, 0) is 37.0 Å². The fourth-order valence-electron chi connectivity index (χ4n) is 3.60. The Hall–Kier alpha value is -3.25. The Morgan fingerprint density at radius 3 is 2.67 bits per heavy atom. The van der Waals surface area contributed by atoms with Gasteiger partial charge in [0, 0.05) is 17.5 Å². The van der Waals surface area contributed by atoms with Crippen LogP contribution in [0.4, 0.5) is 0 Å². The molecule has 4 aromatic rings. The number of rotatable bonds is 6. The molecule has 0 unspecified atom stereocenters. The van der Waals surface area contributed by atoms with E-state index in [2.05, 4.69) is 16.4 Å². The van der Waals surface area contributed by atoms with E-state index in [-0.39, 0.29) is 18.0 Å². The molecule has 0 bridgehead atoms. The highest BCUT2D eigenvalue weighted by atomic mass is 32.1. The lowest BCUT2D eigenvalue weighted by Crippen LogP contribution is -2.33. The maximum absolute atomic E-state index is 13.1. The van der Waals surface area contributed by atoms with Gasteiger partial charge in [0.05, 0.1) is 11.7 Å². The molecule has 1 N–H and O–H groups in total. The van der Waals surface area contributed by atoms with Gasteiger partial charge in [-0.1, -0.05) is 54.1 Å². The molecule has 2 aromatic carbocycles. The molecule has 4 rings (SSSR count). The van der Waals surface area contributed by atoms with Crippen molar-refractivity contribution in [3.05, 3.63) is 87.3 Å². The fourth-order valence-corrected chi connectivity index (χ4v) is 4.49. The Kier molecular flexibility index (Phi) is 5.77. The van der Waals surface area contributed by atoms with E-state index in [0.717, 1.165) is 28.7 Å². The van der Waals surface area contributed by atoms with Gasteiger partial charge < -0.3 is 5.32 Å². The number of benzene rings is 2. The van der Waals surface area contributed by atoms with Crippen molar-refractivity contribution in [3.8, 4) is 11.1 Å². The largest absolute Gasteiger partial charge is 0.354 e. The normalized spacial score (nSPS) is 11.0. The van der Waals surface area contributed by atoms with E-state index in [1.165, 1.54) is 27.8 Å². The number of aromatic nitrogens is 2. The van der Waals surface area contributed by atoms with E-state index in [0.29, 0.717) is 16.8 Å². The van der Waals surface area contributed by atoms with Crippen molar-refractivity contribution >= 4 is 27.5 Å². The molecule has 2 aromatic heterocycles. The van der Waals surface area contributed by atoms with Crippen molar-refractivity contribution in [2.45, 2.75) is 26.8 Å². The van der Waals surface area contributed by atoms with E-state index in [4.69, 9.17) is 0 Å². The number of aryl methyl sites for hydroxylation is 2. The second-order valence-electron chi connectivity index (χ2n) is 7.41. The molecule has 0 saturated carbocycles. The molecule has 0 aliphatic heterocycles. The van der Waals surface area contributed by atoms with Gasteiger partial charge in [-0.3, -0.25) is 14.2 Å². The first-order valence-electron chi connectivity index (χ1n) is 9.88. The van der Waals surface area contributed by atoms with Crippen LogP contribution < -0.4 is 10.9 Å². The van der Waals surface area contributed by atoms with Gasteiger partial charge in [-0.15, -0.1) is 11.3 Å². The van der Waals surface area contributed by atoms with Gasteiger partial charge in [0.15, 0.2) is 0 Å². The van der Waals surface area contributed by atoms with Gasteiger partial charge in [-0.2, -0.15) is 0 Å². The van der Waals surface area contributed by atoms with Crippen molar-refractivity contribution in [1.82, 2.24) is 14.9 Å². The molecule has 0 spiro atoms. The number of carbonyl (C=O) groups is 1. The highest BCUT2D eigenvalue weighted by molar-refractivity contribution is 7.17. The fraction of sp³-hybridized carbons (Fsp3) is 0.208. The van der Waals surface area contributed by atoms with Crippen LogP contribution >= 0.6 is 11.3 Å². The van der Waals surface area contributed by atoms with Gasteiger partial charge in [-0.25, -0.2) is 4.98 Å². The van der Waals surface area contributed by atoms with Crippen LogP contribution in [0.3, 0.4) is 0 Å². The number of carbonyl (C=O) groups excluding carboxylic acids is 1. The highest BCUT2D eigenvalue weighted by Crippen LogP contribution is 2.32.